The van der Waals surface area contributed by atoms with Crippen LogP contribution in [-0.4, -0.2) is 17.1 Å². The number of fused-ring (bicyclic) bond motifs is 1. The summed E-state index contributed by atoms with van der Waals surface area (Å²) in [4.78, 5) is 4.53. The summed E-state index contributed by atoms with van der Waals surface area (Å²) in [5.74, 6) is 0.172. The molecular weight excluding hydrogens is 421 g/mol. The summed E-state index contributed by atoms with van der Waals surface area (Å²) >= 11 is 6.30. The number of nitrogens with one attached hydrogen (secondary N) is 1. The number of nitrogens with two attached hydrogens (primary N) is 1. The highest BCUT2D eigenvalue weighted by Gasteiger charge is 2.29. The van der Waals surface area contributed by atoms with Crippen LogP contribution in [-0.2, 0) is 0 Å². The fourth-order valence-corrected chi connectivity index (χ4v) is 5.14. The van der Waals surface area contributed by atoms with Crippen molar-refractivity contribution < 1.29 is 4.39 Å². The van der Waals surface area contributed by atoms with Crippen molar-refractivity contribution >= 4 is 33.8 Å². The molecule has 1 heterocycles. The number of pyridine rings is 1. The number of benzene rings is 2. The molecule has 2 aromatic carbocycles. The van der Waals surface area contributed by atoms with Crippen LogP contribution in [0.25, 0.3) is 27.6 Å². The Balaban J connectivity index is 1.66. The first-order valence-electron chi connectivity index (χ1n) is 11.5. The summed E-state index contributed by atoms with van der Waals surface area (Å²) in [6.07, 6.45) is 8.13. The minimum Gasteiger partial charge on any atom is -0.381 e. The average Bonchev–Trinajstić information content (AvgIpc) is 3.60. The lowest BCUT2D eigenvalue weighted by atomic mass is 9.90. The van der Waals surface area contributed by atoms with Crippen molar-refractivity contribution in [2.24, 2.45) is 11.7 Å². The molecule has 2 aliphatic carbocycles. The smallest absolute Gasteiger partial charge is 0.150 e. The molecule has 3 aromatic rings. The topological polar surface area (TPSA) is 50.9 Å². The fraction of sp³-hybridized carbons (Fsp3) is 0.370. The molecule has 3 N–H and O–H groups in total. The first-order valence-corrected chi connectivity index (χ1v) is 11.9. The molecule has 3 nitrogen and oxygen atoms in total. The van der Waals surface area contributed by atoms with E-state index in [0.29, 0.717) is 22.5 Å². The first kappa shape index (κ1) is 21.4. The van der Waals surface area contributed by atoms with Crippen LogP contribution in [0.15, 0.2) is 43.1 Å². The summed E-state index contributed by atoms with van der Waals surface area (Å²) in [5, 5.41) is 5.20. The van der Waals surface area contributed by atoms with Gasteiger partial charge >= 0.3 is 0 Å². The van der Waals surface area contributed by atoms with Crippen LogP contribution >= 0.6 is 11.6 Å². The average molecular weight is 450 g/mol. The van der Waals surface area contributed by atoms with Gasteiger partial charge in [0.2, 0.25) is 0 Å². The van der Waals surface area contributed by atoms with E-state index in [9.17, 15) is 0 Å². The van der Waals surface area contributed by atoms with Crippen LogP contribution < -0.4 is 11.1 Å². The Morgan fingerprint density at radius 1 is 1.06 bits per heavy atom. The maximum Gasteiger partial charge on any atom is 0.150 e. The molecule has 2 fully saturated rings. The SMILES string of the molecule is C=C(c1cnc2c(F)cc(-c3cc(C)cc(Cl)c3)cc2c1NC1CCC(N)CC1)C1CC1. The van der Waals surface area contributed by atoms with Crippen LogP contribution in [0, 0.1) is 18.7 Å². The van der Waals surface area contributed by atoms with Gasteiger partial charge in [0.05, 0.1) is 5.69 Å². The van der Waals surface area contributed by atoms with Crippen molar-refractivity contribution in [2.75, 3.05) is 5.32 Å². The van der Waals surface area contributed by atoms with Crippen LogP contribution in [0.4, 0.5) is 10.1 Å². The van der Waals surface area contributed by atoms with E-state index in [-0.39, 0.29) is 11.9 Å². The minimum atomic E-state index is -0.326. The summed E-state index contributed by atoms with van der Waals surface area (Å²) in [5.41, 5.74) is 12.3. The van der Waals surface area contributed by atoms with E-state index in [1.807, 2.05) is 31.2 Å². The Morgan fingerprint density at radius 3 is 2.47 bits per heavy atom. The lowest BCUT2D eigenvalue weighted by molar-refractivity contribution is 0.411. The molecule has 5 rings (SSSR count). The fourth-order valence-electron chi connectivity index (χ4n) is 4.85. The number of aromatic nitrogens is 1. The van der Waals surface area contributed by atoms with E-state index in [0.717, 1.165) is 77.4 Å². The molecule has 0 radical (unpaired) electrons. The molecule has 5 heteroatoms. The predicted molar refractivity (Wildman–Crippen MR) is 132 cm³/mol. The zero-order chi connectivity index (χ0) is 22.4. The van der Waals surface area contributed by atoms with E-state index >= 15 is 4.39 Å². The van der Waals surface area contributed by atoms with Gasteiger partial charge in [-0.1, -0.05) is 24.2 Å². The number of hydrogen-bond acceptors (Lipinski definition) is 3. The highest BCUT2D eigenvalue weighted by atomic mass is 35.5. The molecule has 0 aliphatic heterocycles. The van der Waals surface area contributed by atoms with Gasteiger partial charge in [-0.3, -0.25) is 4.98 Å². The summed E-state index contributed by atoms with van der Waals surface area (Å²) < 4.78 is 15.3. The van der Waals surface area contributed by atoms with E-state index in [1.54, 1.807) is 12.3 Å². The number of rotatable bonds is 5. The lowest BCUT2D eigenvalue weighted by Crippen LogP contribution is -2.33. The molecule has 0 spiro atoms. The van der Waals surface area contributed by atoms with E-state index in [1.165, 1.54) is 0 Å². The van der Waals surface area contributed by atoms with Gasteiger partial charge in [-0.05, 0) is 97.9 Å². The third-order valence-electron chi connectivity index (χ3n) is 6.84. The summed E-state index contributed by atoms with van der Waals surface area (Å²) in [6, 6.07) is 10.00. The number of hydrogen-bond donors (Lipinski definition) is 2. The highest BCUT2D eigenvalue weighted by molar-refractivity contribution is 6.31. The van der Waals surface area contributed by atoms with Crippen LogP contribution in [0.2, 0.25) is 5.02 Å². The third-order valence-corrected chi connectivity index (χ3v) is 7.05. The Hall–Kier alpha value is -2.43. The predicted octanol–water partition coefficient (Wildman–Crippen LogP) is 7.11. The van der Waals surface area contributed by atoms with E-state index in [4.69, 9.17) is 17.3 Å². The first-order chi connectivity index (χ1) is 15.4. The lowest BCUT2D eigenvalue weighted by Gasteiger charge is -2.29. The van der Waals surface area contributed by atoms with Crippen LogP contribution in [0.5, 0.6) is 0 Å². The molecule has 0 unspecified atom stereocenters. The van der Waals surface area contributed by atoms with Gasteiger partial charge in [-0.2, -0.15) is 0 Å². The van der Waals surface area contributed by atoms with Gasteiger partial charge in [0, 0.05) is 34.3 Å². The standard InChI is InChI=1S/C27H29ClFN3/c1-15-9-18(11-20(28)10-15)19-12-23-26(32-22-7-5-21(30)6-8-22)24(16(2)17-3-4-17)14-31-27(23)25(29)13-19/h9-14,17,21-22H,2-8,30H2,1H3,(H,31,32). The molecule has 0 amide bonds. The van der Waals surface area contributed by atoms with Crippen molar-refractivity contribution in [3.05, 3.63) is 65.1 Å². The van der Waals surface area contributed by atoms with E-state index < -0.39 is 0 Å². The van der Waals surface area contributed by atoms with Gasteiger partial charge in [-0.25, -0.2) is 4.39 Å². The van der Waals surface area contributed by atoms with Crippen LogP contribution in [0.3, 0.4) is 0 Å². The maximum atomic E-state index is 15.3. The molecule has 2 saturated carbocycles. The number of nitrogens with zero attached hydrogens (tertiary/aromatic N) is 1. The molecule has 1 aromatic heterocycles. The van der Waals surface area contributed by atoms with Gasteiger partial charge in [0.1, 0.15) is 11.3 Å². The zero-order valence-corrected chi connectivity index (χ0v) is 19.2. The van der Waals surface area contributed by atoms with Crippen molar-refractivity contribution in [1.29, 1.82) is 0 Å². The van der Waals surface area contributed by atoms with Gasteiger partial charge in [0.25, 0.3) is 0 Å². The summed E-state index contributed by atoms with van der Waals surface area (Å²) in [7, 11) is 0. The molecule has 0 bridgehead atoms. The minimum absolute atomic E-state index is 0.276. The largest absolute Gasteiger partial charge is 0.381 e. The Labute approximate surface area is 193 Å². The monoisotopic (exact) mass is 449 g/mol. The molecular formula is C27H29ClFN3. The highest BCUT2D eigenvalue weighted by Crippen LogP contribution is 2.45. The zero-order valence-electron chi connectivity index (χ0n) is 18.4. The van der Waals surface area contributed by atoms with E-state index in [2.05, 4.69) is 16.9 Å². The number of aryl methyl sites for hydroxylation is 1. The van der Waals surface area contributed by atoms with Crippen molar-refractivity contribution in [3.63, 3.8) is 0 Å². The van der Waals surface area contributed by atoms with Crippen molar-refractivity contribution in [1.82, 2.24) is 4.98 Å². The third kappa shape index (κ3) is 4.26. The maximum absolute atomic E-state index is 15.3. The Kier molecular flexibility index (Phi) is 5.68. The van der Waals surface area contributed by atoms with Crippen molar-refractivity contribution in [2.45, 2.75) is 57.5 Å². The van der Waals surface area contributed by atoms with Gasteiger partial charge in [0.15, 0.2) is 0 Å². The molecule has 2 aliphatic rings. The molecule has 0 atom stereocenters. The quantitative estimate of drug-likeness (QED) is 0.436. The molecule has 32 heavy (non-hydrogen) atoms. The molecule has 0 saturated heterocycles. The normalized spacial score (nSPS) is 21.0. The number of allylic oxidation sites excluding steroid dienone is 1. The Bertz CT molecular complexity index is 1170. The second-order valence-corrected chi connectivity index (χ2v) is 9.91. The molecule has 166 valence electrons. The van der Waals surface area contributed by atoms with Gasteiger partial charge in [-0.15, -0.1) is 0 Å². The number of halogens is 2. The van der Waals surface area contributed by atoms with Gasteiger partial charge < -0.3 is 11.1 Å². The summed E-state index contributed by atoms with van der Waals surface area (Å²) in [6.45, 7) is 6.37. The Morgan fingerprint density at radius 2 is 1.78 bits per heavy atom. The second kappa shape index (κ2) is 8.49. The second-order valence-electron chi connectivity index (χ2n) is 9.47. The van der Waals surface area contributed by atoms with Crippen molar-refractivity contribution in [3.8, 4) is 11.1 Å². The van der Waals surface area contributed by atoms with Crippen LogP contribution in [0.1, 0.15) is 49.7 Å². The number of anilines is 1.